The highest BCUT2D eigenvalue weighted by molar-refractivity contribution is 7.15. The topological polar surface area (TPSA) is 88.4 Å². The van der Waals surface area contributed by atoms with E-state index in [0.29, 0.717) is 22.7 Å². The van der Waals surface area contributed by atoms with Crippen LogP contribution in [0.15, 0.2) is 65.6 Å². The van der Waals surface area contributed by atoms with Crippen LogP contribution in [0.1, 0.15) is 42.6 Å². The molecular weight excluding hydrogens is 448 g/mol. The first-order valence-electron chi connectivity index (χ1n) is 11.1. The number of ether oxygens (including phenoxy) is 2. The van der Waals surface area contributed by atoms with Gasteiger partial charge in [-0.1, -0.05) is 55.8 Å². The van der Waals surface area contributed by atoms with Crippen molar-refractivity contribution in [3.05, 3.63) is 76.7 Å². The number of rotatable bonds is 10. The number of hydrogen-bond acceptors (Lipinski definition) is 6. The summed E-state index contributed by atoms with van der Waals surface area (Å²) in [6, 6.07) is 18.5. The van der Waals surface area contributed by atoms with E-state index in [-0.39, 0.29) is 17.7 Å². The van der Waals surface area contributed by atoms with E-state index < -0.39 is 11.9 Å². The highest BCUT2D eigenvalue weighted by atomic mass is 32.1. The molecule has 7 heteroatoms. The molecule has 1 heterocycles. The van der Waals surface area contributed by atoms with Gasteiger partial charge in [0.2, 0.25) is 0 Å². The van der Waals surface area contributed by atoms with Crippen LogP contribution in [-0.4, -0.2) is 25.1 Å². The summed E-state index contributed by atoms with van der Waals surface area (Å²) in [5.74, 6) is -0.392. The predicted molar refractivity (Wildman–Crippen MR) is 135 cm³/mol. The van der Waals surface area contributed by atoms with E-state index in [1.165, 1.54) is 17.4 Å². The molecular formula is C27H26N2O4S. The van der Waals surface area contributed by atoms with Gasteiger partial charge in [-0.25, -0.2) is 4.79 Å². The van der Waals surface area contributed by atoms with Gasteiger partial charge in [-0.2, -0.15) is 5.26 Å². The van der Waals surface area contributed by atoms with E-state index in [9.17, 15) is 14.9 Å². The largest absolute Gasteiger partial charge is 0.494 e. The quantitative estimate of drug-likeness (QED) is 0.161. The number of amides is 1. The Hall–Kier alpha value is -3.89. The Morgan fingerprint density at radius 3 is 2.47 bits per heavy atom. The molecule has 1 aromatic heterocycles. The maximum atomic E-state index is 12.9. The molecule has 2 aromatic carbocycles. The van der Waals surface area contributed by atoms with Gasteiger partial charge < -0.3 is 14.8 Å². The van der Waals surface area contributed by atoms with Crippen LogP contribution < -0.4 is 10.1 Å². The number of carbonyl (C=O) groups excluding carboxylic acids is 2. The molecule has 0 aliphatic rings. The van der Waals surface area contributed by atoms with Crippen molar-refractivity contribution in [1.82, 2.24) is 0 Å². The number of thiophene rings is 1. The molecule has 0 aliphatic carbocycles. The minimum atomic E-state index is -0.599. The van der Waals surface area contributed by atoms with Gasteiger partial charge in [-0.3, -0.25) is 4.79 Å². The molecule has 6 nitrogen and oxygen atoms in total. The lowest BCUT2D eigenvalue weighted by Crippen LogP contribution is -2.16. The van der Waals surface area contributed by atoms with Crippen molar-refractivity contribution in [2.75, 3.05) is 18.5 Å². The van der Waals surface area contributed by atoms with Crippen LogP contribution in [0.4, 0.5) is 5.00 Å². The third-order valence-corrected chi connectivity index (χ3v) is 5.80. The van der Waals surface area contributed by atoms with Crippen LogP contribution in [0.5, 0.6) is 5.75 Å². The molecule has 0 aliphatic heterocycles. The number of anilines is 1. The number of nitrogens with zero attached hydrogens (tertiary/aromatic N) is 1. The third kappa shape index (κ3) is 6.33. The Morgan fingerprint density at radius 2 is 1.82 bits per heavy atom. The van der Waals surface area contributed by atoms with Gasteiger partial charge in [0.1, 0.15) is 28.0 Å². The maximum Gasteiger partial charge on any atom is 0.341 e. The molecule has 174 valence electrons. The molecule has 34 heavy (non-hydrogen) atoms. The Kier molecular flexibility index (Phi) is 9.01. The monoisotopic (exact) mass is 474 g/mol. The van der Waals surface area contributed by atoms with Crippen molar-refractivity contribution in [2.45, 2.75) is 26.7 Å². The van der Waals surface area contributed by atoms with Gasteiger partial charge in [-0.05, 0) is 42.7 Å². The number of benzene rings is 2. The Morgan fingerprint density at radius 1 is 1.09 bits per heavy atom. The molecule has 0 saturated heterocycles. The van der Waals surface area contributed by atoms with E-state index in [4.69, 9.17) is 9.47 Å². The van der Waals surface area contributed by atoms with Gasteiger partial charge in [-0.15, -0.1) is 11.3 Å². The number of nitriles is 1. The van der Waals surface area contributed by atoms with Crippen LogP contribution in [0.3, 0.4) is 0 Å². The zero-order chi connectivity index (χ0) is 24.3. The smallest absolute Gasteiger partial charge is 0.341 e. The van der Waals surface area contributed by atoms with Gasteiger partial charge in [0.25, 0.3) is 5.91 Å². The summed E-state index contributed by atoms with van der Waals surface area (Å²) >= 11 is 1.21. The van der Waals surface area contributed by atoms with E-state index >= 15 is 0 Å². The minimum absolute atomic E-state index is 0.0795. The van der Waals surface area contributed by atoms with Crippen molar-refractivity contribution in [3.63, 3.8) is 0 Å². The number of nitrogens with one attached hydrogen (secondary N) is 1. The third-order valence-electron chi connectivity index (χ3n) is 4.91. The summed E-state index contributed by atoms with van der Waals surface area (Å²) in [7, 11) is 0. The second kappa shape index (κ2) is 12.4. The van der Waals surface area contributed by atoms with E-state index in [0.717, 1.165) is 24.2 Å². The summed E-state index contributed by atoms with van der Waals surface area (Å²) in [4.78, 5) is 25.6. The van der Waals surface area contributed by atoms with Crippen molar-refractivity contribution in [3.8, 4) is 22.9 Å². The molecule has 1 amide bonds. The van der Waals surface area contributed by atoms with Crippen molar-refractivity contribution < 1.29 is 19.1 Å². The molecule has 3 aromatic rings. The van der Waals surface area contributed by atoms with E-state index in [2.05, 4.69) is 12.2 Å². The Balaban J connectivity index is 1.82. The maximum absolute atomic E-state index is 12.9. The summed E-state index contributed by atoms with van der Waals surface area (Å²) in [6.07, 6.45) is 3.53. The molecule has 0 atom stereocenters. The van der Waals surface area contributed by atoms with Crippen molar-refractivity contribution in [1.29, 1.82) is 5.26 Å². The summed E-state index contributed by atoms with van der Waals surface area (Å²) in [6.45, 7) is 4.67. The van der Waals surface area contributed by atoms with Gasteiger partial charge in [0, 0.05) is 10.9 Å². The summed E-state index contributed by atoms with van der Waals surface area (Å²) < 4.78 is 10.9. The number of carbonyl (C=O) groups is 2. The molecule has 0 spiro atoms. The SMILES string of the molecule is CCCCOc1ccc(/C=C(\C#N)C(=O)Nc2scc(-c3ccccc3)c2C(=O)OCC)cc1. The van der Waals surface area contributed by atoms with E-state index in [1.807, 2.05) is 36.4 Å². The van der Waals surface area contributed by atoms with Crippen molar-refractivity contribution in [2.24, 2.45) is 0 Å². The first-order valence-corrected chi connectivity index (χ1v) is 11.9. The van der Waals surface area contributed by atoms with Crippen molar-refractivity contribution >= 4 is 34.3 Å². The summed E-state index contributed by atoms with van der Waals surface area (Å²) in [5.41, 5.74) is 2.39. The minimum Gasteiger partial charge on any atom is -0.494 e. The molecule has 0 saturated carbocycles. The van der Waals surface area contributed by atoms with Crippen LogP contribution in [0.2, 0.25) is 0 Å². The first-order chi connectivity index (χ1) is 16.6. The number of hydrogen-bond donors (Lipinski definition) is 1. The fraction of sp³-hybridized carbons (Fsp3) is 0.222. The van der Waals surface area contributed by atoms with Crippen LogP contribution in [0.25, 0.3) is 17.2 Å². The predicted octanol–water partition coefficient (Wildman–Crippen LogP) is 6.32. The fourth-order valence-corrected chi connectivity index (χ4v) is 4.12. The lowest BCUT2D eigenvalue weighted by molar-refractivity contribution is -0.112. The first kappa shape index (κ1) is 24.7. The van der Waals surface area contributed by atoms with Crippen LogP contribution >= 0.6 is 11.3 Å². The normalized spacial score (nSPS) is 10.9. The zero-order valence-corrected chi connectivity index (χ0v) is 20.0. The lowest BCUT2D eigenvalue weighted by atomic mass is 10.0. The van der Waals surface area contributed by atoms with Gasteiger partial charge in [0.15, 0.2) is 0 Å². The second-order valence-corrected chi connectivity index (χ2v) is 8.21. The Bertz CT molecular complexity index is 1190. The van der Waals surface area contributed by atoms with Crippen LogP contribution in [0, 0.1) is 11.3 Å². The van der Waals surface area contributed by atoms with Gasteiger partial charge >= 0.3 is 5.97 Å². The highest BCUT2D eigenvalue weighted by Gasteiger charge is 2.23. The molecule has 3 rings (SSSR count). The number of unbranched alkanes of at least 4 members (excludes halogenated alkanes) is 1. The molecule has 0 bridgehead atoms. The summed E-state index contributed by atoms with van der Waals surface area (Å²) in [5, 5.41) is 14.4. The average molecular weight is 475 g/mol. The average Bonchev–Trinajstić information content (AvgIpc) is 3.27. The molecule has 0 fully saturated rings. The van der Waals surface area contributed by atoms with Gasteiger partial charge in [0.05, 0.1) is 13.2 Å². The molecule has 0 radical (unpaired) electrons. The second-order valence-electron chi connectivity index (χ2n) is 7.33. The fourth-order valence-electron chi connectivity index (χ4n) is 3.17. The lowest BCUT2D eigenvalue weighted by Gasteiger charge is -2.09. The zero-order valence-electron chi connectivity index (χ0n) is 19.2. The molecule has 1 N–H and O–H groups in total. The molecule has 0 unspecified atom stereocenters. The standard InChI is InChI=1S/C27H26N2O4S/c1-3-5-15-33-22-13-11-19(12-14-22)16-21(17-28)25(30)29-26-24(27(31)32-4-2)23(18-34-26)20-9-7-6-8-10-20/h6-14,16,18H,3-5,15H2,1-2H3,(H,29,30)/b21-16+. The highest BCUT2D eigenvalue weighted by Crippen LogP contribution is 2.36. The van der Waals surface area contributed by atoms with Crippen LogP contribution in [-0.2, 0) is 9.53 Å². The van der Waals surface area contributed by atoms with E-state index in [1.54, 1.807) is 36.6 Å². The Labute approximate surface area is 203 Å². The number of esters is 1.